The van der Waals surface area contributed by atoms with Gasteiger partial charge in [0, 0.05) is 13.1 Å². The number of carbonyl (C=O) groups excluding carboxylic acids is 1. The van der Waals surface area contributed by atoms with Crippen molar-refractivity contribution in [3.8, 4) is 11.5 Å². The Balaban J connectivity index is 2.06. The quantitative estimate of drug-likeness (QED) is 0.432. The minimum absolute atomic E-state index is 0.0589. The Bertz CT molecular complexity index is 894. The third-order valence-electron chi connectivity index (χ3n) is 4.25. The van der Waals surface area contributed by atoms with Crippen LogP contribution in [0.15, 0.2) is 47.6 Å². The van der Waals surface area contributed by atoms with Crippen molar-refractivity contribution in [1.82, 2.24) is 4.90 Å². The molecule has 2 rings (SSSR count). The maximum Gasteiger partial charge on any atom is 0.335 e. The first kappa shape index (κ1) is 22.7. The number of anilines is 1. The molecule has 0 heterocycles. The van der Waals surface area contributed by atoms with Gasteiger partial charge in [0.25, 0.3) is 5.91 Å². The molecule has 30 heavy (non-hydrogen) atoms. The zero-order valence-corrected chi connectivity index (χ0v) is 17.4. The number of benzene rings is 2. The fraction of sp³-hybridized carbons (Fsp3) is 0.318. The number of carboxylic acids is 1. The predicted molar refractivity (Wildman–Crippen MR) is 116 cm³/mol. The molecule has 2 aromatic rings. The molecule has 0 spiro atoms. The van der Waals surface area contributed by atoms with Gasteiger partial charge in [0.05, 0.1) is 24.1 Å². The summed E-state index contributed by atoms with van der Waals surface area (Å²) >= 11 is 0. The molecule has 8 nitrogen and oxygen atoms in total. The minimum Gasteiger partial charge on any atom is -0.490 e. The van der Waals surface area contributed by atoms with Crippen LogP contribution in [0.1, 0.15) is 36.7 Å². The second-order valence-corrected chi connectivity index (χ2v) is 6.25. The predicted octanol–water partition coefficient (Wildman–Crippen LogP) is 3.48. The summed E-state index contributed by atoms with van der Waals surface area (Å²) < 4.78 is 11.3. The largest absolute Gasteiger partial charge is 0.490 e. The third-order valence-corrected chi connectivity index (χ3v) is 4.25. The standard InChI is InChI=1S/C22H27N3O5/c1-4-25(5-2)21(26)15-30-19-11-10-16(12-20(19)29-6-3)14-23-24-18-9-7-8-17(13-18)22(27)28/h7-14,24H,4-6,15H2,1-3H3,(H,27,28)/b23-14+. The second-order valence-electron chi connectivity index (χ2n) is 6.25. The average molecular weight is 413 g/mol. The second kappa shape index (κ2) is 11.5. The Morgan fingerprint density at radius 1 is 1.07 bits per heavy atom. The molecule has 160 valence electrons. The monoisotopic (exact) mass is 413 g/mol. The maximum absolute atomic E-state index is 12.2. The van der Waals surface area contributed by atoms with E-state index in [1.807, 2.05) is 20.8 Å². The van der Waals surface area contributed by atoms with Crippen LogP contribution >= 0.6 is 0 Å². The molecule has 0 saturated heterocycles. The SMILES string of the molecule is CCOc1cc(/C=N/Nc2cccc(C(=O)O)c2)ccc1OCC(=O)N(CC)CC. The van der Waals surface area contributed by atoms with Crippen molar-refractivity contribution in [1.29, 1.82) is 0 Å². The topological polar surface area (TPSA) is 100 Å². The Hall–Kier alpha value is -3.55. The lowest BCUT2D eigenvalue weighted by atomic mass is 10.2. The van der Waals surface area contributed by atoms with E-state index in [4.69, 9.17) is 14.6 Å². The lowest BCUT2D eigenvalue weighted by Gasteiger charge is -2.19. The summed E-state index contributed by atoms with van der Waals surface area (Å²) in [6.45, 7) is 7.37. The van der Waals surface area contributed by atoms with E-state index in [9.17, 15) is 9.59 Å². The molecule has 0 aromatic heterocycles. The molecule has 0 bridgehead atoms. The van der Waals surface area contributed by atoms with Crippen molar-refractivity contribution < 1.29 is 24.2 Å². The molecule has 0 atom stereocenters. The molecule has 1 amide bonds. The van der Waals surface area contributed by atoms with E-state index in [0.717, 1.165) is 5.56 Å². The molecule has 0 aliphatic rings. The van der Waals surface area contributed by atoms with Gasteiger partial charge in [-0.05, 0) is 62.7 Å². The van der Waals surface area contributed by atoms with Gasteiger partial charge in [0.1, 0.15) is 0 Å². The first-order chi connectivity index (χ1) is 14.5. The summed E-state index contributed by atoms with van der Waals surface area (Å²) in [6.07, 6.45) is 1.58. The van der Waals surface area contributed by atoms with E-state index in [1.54, 1.807) is 41.4 Å². The number of hydrogen-bond donors (Lipinski definition) is 2. The molecular formula is C22H27N3O5. The summed E-state index contributed by atoms with van der Waals surface area (Å²) in [5.74, 6) is -0.0850. The average Bonchev–Trinajstić information content (AvgIpc) is 2.74. The van der Waals surface area contributed by atoms with E-state index >= 15 is 0 Å². The van der Waals surface area contributed by atoms with Crippen LogP contribution in [0.5, 0.6) is 11.5 Å². The normalized spacial score (nSPS) is 10.6. The highest BCUT2D eigenvalue weighted by Gasteiger charge is 2.13. The molecule has 0 aliphatic carbocycles. The highest BCUT2D eigenvalue weighted by atomic mass is 16.5. The summed E-state index contributed by atoms with van der Waals surface area (Å²) in [7, 11) is 0. The van der Waals surface area contributed by atoms with Crippen molar-refractivity contribution in [2.45, 2.75) is 20.8 Å². The van der Waals surface area contributed by atoms with Gasteiger partial charge in [0.2, 0.25) is 0 Å². The fourth-order valence-corrected chi connectivity index (χ4v) is 2.70. The first-order valence-electron chi connectivity index (χ1n) is 9.78. The molecule has 0 radical (unpaired) electrons. The highest BCUT2D eigenvalue weighted by molar-refractivity contribution is 5.89. The first-order valence-corrected chi connectivity index (χ1v) is 9.78. The van der Waals surface area contributed by atoms with Gasteiger partial charge in [-0.25, -0.2) is 4.79 Å². The third kappa shape index (κ3) is 6.51. The molecule has 0 fully saturated rings. The summed E-state index contributed by atoms with van der Waals surface area (Å²) in [5, 5.41) is 13.2. The molecular weight excluding hydrogens is 386 g/mol. The van der Waals surface area contributed by atoms with Gasteiger partial charge in [-0.1, -0.05) is 6.07 Å². The van der Waals surface area contributed by atoms with Crippen LogP contribution in [0.4, 0.5) is 5.69 Å². The van der Waals surface area contributed by atoms with E-state index in [1.165, 1.54) is 12.1 Å². The van der Waals surface area contributed by atoms with Crippen LogP contribution in [-0.2, 0) is 4.79 Å². The number of nitrogens with zero attached hydrogens (tertiary/aromatic N) is 2. The van der Waals surface area contributed by atoms with Gasteiger partial charge in [-0.2, -0.15) is 5.10 Å². The number of nitrogens with one attached hydrogen (secondary N) is 1. The summed E-state index contributed by atoms with van der Waals surface area (Å²) in [5.41, 5.74) is 4.29. The Morgan fingerprint density at radius 2 is 1.83 bits per heavy atom. The van der Waals surface area contributed by atoms with Gasteiger partial charge in [-0.15, -0.1) is 0 Å². The number of ether oxygens (including phenoxy) is 2. The van der Waals surface area contributed by atoms with Crippen molar-refractivity contribution in [3.05, 3.63) is 53.6 Å². The van der Waals surface area contributed by atoms with Crippen molar-refractivity contribution in [3.63, 3.8) is 0 Å². The number of rotatable bonds is 11. The van der Waals surface area contributed by atoms with Gasteiger partial charge in [-0.3, -0.25) is 10.2 Å². The van der Waals surface area contributed by atoms with Gasteiger partial charge < -0.3 is 19.5 Å². The number of likely N-dealkylation sites (N-methyl/N-ethyl adjacent to an activating group) is 1. The minimum atomic E-state index is -1.00. The van der Waals surface area contributed by atoms with Crippen molar-refractivity contribution in [2.75, 3.05) is 31.7 Å². The van der Waals surface area contributed by atoms with Crippen LogP contribution < -0.4 is 14.9 Å². The van der Waals surface area contributed by atoms with Crippen molar-refractivity contribution in [2.24, 2.45) is 5.10 Å². The van der Waals surface area contributed by atoms with Gasteiger partial charge >= 0.3 is 5.97 Å². The molecule has 0 saturated carbocycles. The molecule has 8 heteroatoms. The van der Waals surface area contributed by atoms with E-state index in [0.29, 0.717) is 36.9 Å². The van der Waals surface area contributed by atoms with Gasteiger partial charge in [0.15, 0.2) is 18.1 Å². The van der Waals surface area contributed by atoms with E-state index in [2.05, 4.69) is 10.5 Å². The molecule has 0 unspecified atom stereocenters. The Morgan fingerprint density at radius 3 is 2.50 bits per heavy atom. The number of carbonyl (C=O) groups is 2. The van der Waals surface area contributed by atoms with Crippen LogP contribution in [0.3, 0.4) is 0 Å². The van der Waals surface area contributed by atoms with E-state index in [-0.39, 0.29) is 18.1 Å². The zero-order chi connectivity index (χ0) is 21.9. The highest BCUT2D eigenvalue weighted by Crippen LogP contribution is 2.28. The smallest absolute Gasteiger partial charge is 0.335 e. The summed E-state index contributed by atoms with van der Waals surface area (Å²) in [4.78, 5) is 24.9. The number of hydrogen-bond acceptors (Lipinski definition) is 6. The maximum atomic E-state index is 12.2. The van der Waals surface area contributed by atoms with E-state index < -0.39 is 5.97 Å². The zero-order valence-electron chi connectivity index (χ0n) is 17.4. The van der Waals surface area contributed by atoms with Crippen LogP contribution in [0.25, 0.3) is 0 Å². The number of aromatic carboxylic acids is 1. The number of hydrazone groups is 1. The molecule has 0 aliphatic heterocycles. The molecule has 2 aromatic carbocycles. The Kier molecular flexibility index (Phi) is 8.68. The Labute approximate surface area is 176 Å². The lowest BCUT2D eigenvalue weighted by Crippen LogP contribution is -2.34. The lowest BCUT2D eigenvalue weighted by molar-refractivity contribution is -0.133. The summed E-state index contributed by atoms with van der Waals surface area (Å²) in [6, 6.07) is 11.6. The fourth-order valence-electron chi connectivity index (χ4n) is 2.70. The van der Waals surface area contributed by atoms with Crippen LogP contribution in [-0.4, -0.2) is 54.4 Å². The van der Waals surface area contributed by atoms with Crippen molar-refractivity contribution >= 4 is 23.8 Å². The molecule has 2 N–H and O–H groups in total. The van der Waals surface area contributed by atoms with Crippen LogP contribution in [0.2, 0.25) is 0 Å². The van der Waals surface area contributed by atoms with Crippen LogP contribution in [0, 0.1) is 0 Å². The number of carboxylic acid groups (broad SMARTS) is 1. The number of amides is 1.